The van der Waals surface area contributed by atoms with Gasteiger partial charge in [0.15, 0.2) is 0 Å². The molecule has 0 saturated heterocycles. The molecule has 1 saturated carbocycles. The first kappa shape index (κ1) is 51.3. The van der Waals surface area contributed by atoms with E-state index in [2.05, 4.69) is 19.2 Å². The topological polar surface area (TPSA) is 226 Å². The van der Waals surface area contributed by atoms with Gasteiger partial charge < -0.3 is 46.0 Å². The van der Waals surface area contributed by atoms with Crippen molar-refractivity contribution in [1.82, 2.24) is 5.32 Å². The van der Waals surface area contributed by atoms with Gasteiger partial charge in [0.25, 0.3) is 0 Å². The molecule has 1 rings (SSSR count). The molecule has 0 heterocycles. The Kier molecular flexibility index (Phi) is 29.8. The van der Waals surface area contributed by atoms with Gasteiger partial charge in [-0.1, -0.05) is 168 Å². The summed E-state index contributed by atoms with van der Waals surface area (Å²) >= 11 is 0. The summed E-state index contributed by atoms with van der Waals surface area (Å²) in [6.45, 7) is 3.68. The van der Waals surface area contributed by atoms with Crippen molar-refractivity contribution in [2.45, 2.75) is 242 Å². The van der Waals surface area contributed by atoms with Crippen molar-refractivity contribution in [1.29, 1.82) is 0 Å². The Labute approximate surface area is 326 Å². The third-order valence-corrected chi connectivity index (χ3v) is 11.7. The first-order valence-corrected chi connectivity index (χ1v) is 23.1. The minimum atomic E-state index is -5.14. The predicted molar refractivity (Wildman–Crippen MR) is 211 cm³/mol. The molecule has 1 aliphatic rings. The Balaban J connectivity index is 2.59. The molecular formula is C40H80NO12P. The summed E-state index contributed by atoms with van der Waals surface area (Å²) in [4.78, 5) is 23.3. The summed E-state index contributed by atoms with van der Waals surface area (Å²) in [5, 5.41) is 74.7. The predicted octanol–water partition coefficient (Wildman–Crippen LogP) is 6.09. The van der Waals surface area contributed by atoms with Crippen LogP contribution in [0.5, 0.6) is 0 Å². The summed E-state index contributed by atoms with van der Waals surface area (Å²) in [5.74, 6) is -0.421. The van der Waals surface area contributed by atoms with Crippen LogP contribution in [0.15, 0.2) is 0 Å². The monoisotopic (exact) mass is 798 g/mol. The number of hydrogen-bond donors (Lipinski definition) is 9. The molecule has 0 aliphatic heterocycles. The van der Waals surface area contributed by atoms with Gasteiger partial charge >= 0.3 is 7.82 Å². The van der Waals surface area contributed by atoms with Gasteiger partial charge in [0.1, 0.15) is 42.7 Å². The zero-order valence-corrected chi connectivity index (χ0v) is 34.5. The van der Waals surface area contributed by atoms with Gasteiger partial charge in [-0.3, -0.25) is 13.8 Å². The van der Waals surface area contributed by atoms with Gasteiger partial charge in [-0.25, -0.2) is 4.57 Å². The quantitative estimate of drug-likeness (QED) is 0.0263. The fraction of sp³-hybridized carbons (Fsp3) is 0.975. The summed E-state index contributed by atoms with van der Waals surface area (Å²) in [5.41, 5.74) is 0. The zero-order valence-electron chi connectivity index (χ0n) is 33.7. The van der Waals surface area contributed by atoms with Crippen molar-refractivity contribution in [3.63, 3.8) is 0 Å². The van der Waals surface area contributed by atoms with E-state index >= 15 is 0 Å². The van der Waals surface area contributed by atoms with Crippen LogP contribution < -0.4 is 5.32 Å². The Hall–Kier alpha value is -0.700. The number of hydrogen-bond acceptors (Lipinski definition) is 11. The fourth-order valence-electron chi connectivity index (χ4n) is 7.12. The average molecular weight is 798 g/mol. The Morgan fingerprint density at radius 3 is 1.33 bits per heavy atom. The number of carbonyl (C=O) groups is 1. The standard InChI is InChI=1S/C40H80NO12P/c1-3-5-7-9-11-13-15-17-19-21-23-25-27-29-33(43)41-31(30-52-54(50,51)53-40-38(48)36(46)35(45)37(47)39(40)49)34(44)32(42)28-26-24-22-20-18-16-14-12-10-8-6-4-2/h31-32,34-40,42,44-49H,3-30H2,1-2H3,(H,41,43)(H,50,51)/t31-,32+,34-,35?,36-,37+,38+,39+,40?/m0/s1. The maximum absolute atomic E-state index is 12.9. The number of unbranched alkanes of at least 4 members (excludes halogenated alkanes) is 23. The number of nitrogens with one attached hydrogen (secondary N) is 1. The van der Waals surface area contributed by atoms with Crippen molar-refractivity contribution in [3.8, 4) is 0 Å². The number of aliphatic hydroxyl groups is 7. The molecule has 1 aliphatic carbocycles. The molecule has 9 N–H and O–H groups in total. The van der Waals surface area contributed by atoms with E-state index in [1.807, 2.05) is 0 Å². The van der Waals surface area contributed by atoms with Crippen LogP contribution in [0.1, 0.15) is 187 Å². The lowest BCUT2D eigenvalue weighted by Crippen LogP contribution is -2.64. The molecule has 10 atom stereocenters. The number of phosphoric acid groups is 1. The van der Waals surface area contributed by atoms with E-state index in [0.29, 0.717) is 12.8 Å². The highest BCUT2D eigenvalue weighted by atomic mass is 31.2. The van der Waals surface area contributed by atoms with Gasteiger partial charge in [0.05, 0.1) is 18.8 Å². The lowest BCUT2D eigenvalue weighted by Gasteiger charge is -2.41. The number of amides is 1. The number of rotatable bonds is 35. The second kappa shape index (κ2) is 31.3. The van der Waals surface area contributed by atoms with Crippen molar-refractivity contribution in [2.75, 3.05) is 6.61 Å². The van der Waals surface area contributed by atoms with E-state index in [4.69, 9.17) is 9.05 Å². The van der Waals surface area contributed by atoms with E-state index in [9.17, 15) is 50.0 Å². The van der Waals surface area contributed by atoms with Crippen LogP contribution in [-0.2, 0) is 18.4 Å². The third-order valence-electron chi connectivity index (χ3n) is 10.8. The first-order chi connectivity index (χ1) is 25.9. The Morgan fingerprint density at radius 1 is 0.574 bits per heavy atom. The average Bonchev–Trinajstić information content (AvgIpc) is 3.15. The van der Waals surface area contributed by atoms with Crippen LogP contribution in [0.3, 0.4) is 0 Å². The second-order valence-electron chi connectivity index (χ2n) is 15.7. The molecular weight excluding hydrogens is 717 g/mol. The molecule has 0 bridgehead atoms. The highest BCUT2D eigenvalue weighted by Crippen LogP contribution is 2.47. The van der Waals surface area contributed by atoms with Crippen LogP contribution in [0.4, 0.5) is 0 Å². The molecule has 0 aromatic heterocycles. The lowest BCUT2D eigenvalue weighted by molar-refractivity contribution is -0.220. The van der Waals surface area contributed by atoms with Crippen molar-refractivity contribution in [3.05, 3.63) is 0 Å². The highest BCUT2D eigenvalue weighted by molar-refractivity contribution is 7.47. The summed E-state index contributed by atoms with van der Waals surface area (Å²) < 4.78 is 22.8. The molecule has 13 nitrogen and oxygen atoms in total. The first-order valence-electron chi connectivity index (χ1n) is 21.6. The van der Waals surface area contributed by atoms with Crippen molar-refractivity contribution < 1.29 is 59.0 Å². The largest absolute Gasteiger partial charge is 0.472 e. The van der Waals surface area contributed by atoms with Crippen LogP contribution in [0.2, 0.25) is 0 Å². The summed E-state index contributed by atoms with van der Waals surface area (Å²) in [6.07, 6.45) is 14.3. The van der Waals surface area contributed by atoms with Crippen molar-refractivity contribution >= 4 is 13.7 Å². The third kappa shape index (κ3) is 22.9. The summed E-state index contributed by atoms with van der Waals surface area (Å²) in [6, 6.07) is -1.30. The Morgan fingerprint density at radius 2 is 0.926 bits per heavy atom. The maximum atomic E-state index is 12.9. The minimum Gasteiger partial charge on any atom is -0.390 e. The number of aliphatic hydroxyl groups excluding tert-OH is 7. The van der Waals surface area contributed by atoms with Crippen LogP contribution in [0, 0.1) is 0 Å². The smallest absolute Gasteiger partial charge is 0.390 e. The highest BCUT2D eigenvalue weighted by Gasteiger charge is 2.51. The minimum absolute atomic E-state index is 0.154. The summed E-state index contributed by atoms with van der Waals surface area (Å²) in [7, 11) is -5.14. The second-order valence-corrected chi connectivity index (χ2v) is 17.1. The molecule has 1 fully saturated rings. The molecule has 3 unspecified atom stereocenters. The van der Waals surface area contributed by atoms with E-state index in [1.54, 1.807) is 0 Å². The van der Waals surface area contributed by atoms with E-state index in [0.717, 1.165) is 38.5 Å². The van der Waals surface area contributed by atoms with E-state index in [-0.39, 0.29) is 12.8 Å². The maximum Gasteiger partial charge on any atom is 0.472 e. The number of phosphoric ester groups is 1. The van der Waals surface area contributed by atoms with Gasteiger partial charge in [0.2, 0.25) is 5.91 Å². The molecule has 54 heavy (non-hydrogen) atoms. The van der Waals surface area contributed by atoms with E-state index in [1.165, 1.54) is 109 Å². The van der Waals surface area contributed by atoms with Gasteiger partial charge in [0, 0.05) is 6.42 Å². The molecule has 0 spiro atoms. The fourth-order valence-corrected chi connectivity index (χ4v) is 8.09. The number of carbonyl (C=O) groups excluding carboxylic acids is 1. The molecule has 322 valence electrons. The van der Waals surface area contributed by atoms with Crippen molar-refractivity contribution in [2.24, 2.45) is 0 Å². The van der Waals surface area contributed by atoms with Crippen LogP contribution >= 0.6 is 7.82 Å². The normalized spacial score (nSPS) is 24.6. The molecule has 0 aromatic carbocycles. The van der Waals surface area contributed by atoms with Gasteiger partial charge in [-0.15, -0.1) is 0 Å². The van der Waals surface area contributed by atoms with Crippen LogP contribution in [-0.4, -0.2) is 108 Å². The van der Waals surface area contributed by atoms with Gasteiger partial charge in [-0.05, 0) is 12.8 Å². The van der Waals surface area contributed by atoms with Crippen LogP contribution in [0.25, 0.3) is 0 Å². The molecule has 1 amide bonds. The zero-order chi connectivity index (χ0) is 40.2. The SMILES string of the molecule is CCCCCCCCCCCCCCCC(=O)N[C@@H](COP(=O)(O)OC1[C@H](O)[C@H](O)C(O)[C@H](O)[C@H]1O)[C@H](O)[C@H](O)CCCCCCCCCCCCCC. The van der Waals surface area contributed by atoms with E-state index < -0.39 is 75.2 Å². The molecule has 14 heteroatoms. The molecule has 0 radical (unpaired) electrons. The lowest BCUT2D eigenvalue weighted by atomic mass is 9.85. The Bertz CT molecular complexity index is 948. The van der Waals surface area contributed by atoms with Gasteiger partial charge in [-0.2, -0.15) is 0 Å². The molecule has 0 aromatic rings.